The van der Waals surface area contributed by atoms with Crippen LogP contribution in [0.1, 0.15) is 11.1 Å². The standard InChI is InChI=1S/C24H20N2O2S/c1-18-13-15-21(16-14-18)29(27,28)26-23-11-5-3-8-20(23)17-25-24-12-6-9-19-7-2-4-10-22(19)24/h2-17,26H,1H3. The molecule has 0 heterocycles. The van der Waals surface area contributed by atoms with Crippen LogP contribution < -0.4 is 4.72 Å². The maximum atomic E-state index is 12.8. The van der Waals surface area contributed by atoms with Gasteiger partial charge in [0.25, 0.3) is 10.0 Å². The third-order valence-corrected chi connectivity index (χ3v) is 6.03. The maximum absolute atomic E-state index is 12.8. The molecule has 1 N–H and O–H groups in total. The van der Waals surface area contributed by atoms with Crippen LogP contribution in [0.3, 0.4) is 0 Å². The average Bonchev–Trinajstić information content (AvgIpc) is 2.73. The highest BCUT2D eigenvalue weighted by atomic mass is 32.2. The molecule has 0 aliphatic rings. The van der Waals surface area contributed by atoms with Crippen LogP contribution in [0, 0.1) is 6.92 Å². The summed E-state index contributed by atoms with van der Waals surface area (Å²) in [6.45, 7) is 1.92. The van der Waals surface area contributed by atoms with Crippen molar-refractivity contribution >= 4 is 38.4 Å². The fourth-order valence-corrected chi connectivity index (χ4v) is 4.17. The number of hydrogen-bond donors (Lipinski definition) is 1. The van der Waals surface area contributed by atoms with E-state index in [1.165, 1.54) is 0 Å². The lowest BCUT2D eigenvalue weighted by Gasteiger charge is -2.11. The molecule has 4 aromatic carbocycles. The molecule has 0 radical (unpaired) electrons. The minimum Gasteiger partial charge on any atom is -0.279 e. The topological polar surface area (TPSA) is 58.5 Å². The molecule has 0 bridgehead atoms. The average molecular weight is 401 g/mol. The molecule has 0 spiro atoms. The molecule has 0 atom stereocenters. The first kappa shape index (κ1) is 18.9. The van der Waals surface area contributed by atoms with Crippen molar-refractivity contribution in [1.82, 2.24) is 0 Å². The van der Waals surface area contributed by atoms with Crippen LogP contribution in [0.5, 0.6) is 0 Å². The molecular weight excluding hydrogens is 380 g/mol. The molecule has 0 unspecified atom stereocenters. The zero-order valence-electron chi connectivity index (χ0n) is 15.9. The Morgan fingerprint density at radius 1 is 0.793 bits per heavy atom. The summed E-state index contributed by atoms with van der Waals surface area (Å²) in [5.74, 6) is 0. The Kier molecular flexibility index (Phi) is 5.14. The Morgan fingerprint density at radius 2 is 1.48 bits per heavy atom. The van der Waals surface area contributed by atoms with Gasteiger partial charge in [0, 0.05) is 17.2 Å². The second kappa shape index (κ2) is 7.89. The van der Waals surface area contributed by atoms with Gasteiger partial charge in [0.1, 0.15) is 0 Å². The normalized spacial score (nSPS) is 11.8. The molecule has 4 rings (SSSR count). The van der Waals surface area contributed by atoms with Gasteiger partial charge in [0.15, 0.2) is 0 Å². The fourth-order valence-electron chi connectivity index (χ4n) is 3.08. The van der Waals surface area contributed by atoms with Crippen LogP contribution in [-0.4, -0.2) is 14.6 Å². The van der Waals surface area contributed by atoms with Crippen molar-refractivity contribution in [2.45, 2.75) is 11.8 Å². The summed E-state index contributed by atoms with van der Waals surface area (Å²) in [4.78, 5) is 4.85. The Morgan fingerprint density at radius 3 is 2.31 bits per heavy atom. The lowest BCUT2D eigenvalue weighted by atomic mass is 10.1. The minimum atomic E-state index is -3.68. The summed E-state index contributed by atoms with van der Waals surface area (Å²) in [6.07, 6.45) is 1.69. The lowest BCUT2D eigenvalue weighted by Crippen LogP contribution is -2.14. The van der Waals surface area contributed by atoms with Gasteiger partial charge >= 0.3 is 0 Å². The van der Waals surface area contributed by atoms with E-state index in [9.17, 15) is 8.42 Å². The van der Waals surface area contributed by atoms with Crippen LogP contribution in [0.2, 0.25) is 0 Å². The van der Waals surface area contributed by atoms with Crippen LogP contribution >= 0.6 is 0 Å². The van der Waals surface area contributed by atoms with E-state index in [0.717, 1.165) is 22.0 Å². The maximum Gasteiger partial charge on any atom is 0.261 e. The van der Waals surface area contributed by atoms with Crippen molar-refractivity contribution in [2.75, 3.05) is 4.72 Å². The first-order valence-corrected chi connectivity index (χ1v) is 10.7. The van der Waals surface area contributed by atoms with Gasteiger partial charge in [0.2, 0.25) is 0 Å². The minimum absolute atomic E-state index is 0.226. The number of nitrogens with zero attached hydrogens (tertiary/aromatic N) is 1. The summed E-state index contributed by atoms with van der Waals surface area (Å²) < 4.78 is 28.2. The summed E-state index contributed by atoms with van der Waals surface area (Å²) in [5, 5.41) is 2.15. The molecule has 29 heavy (non-hydrogen) atoms. The predicted molar refractivity (Wildman–Crippen MR) is 120 cm³/mol. The van der Waals surface area contributed by atoms with Gasteiger partial charge < -0.3 is 0 Å². The molecule has 0 saturated carbocycles. The molecule has 144 valence electrons. The van der Waals surface area contributed by atoms with Gasteiger partial charge in [-0.1, -0.05) is 72.3 Å². The molecule has 0 amide bonds. The number of fused-ring (bicyclic) bond motifs is 1. The monoisotopic (exact) mass is 400 g/mol. The third-order valence-electron chi connectivity index (χ3n) is 4.65. The SMILES string of the molecule is Cc1ccc(S(=O)(=O)Nc2ccccc2C=Nc2cccc3ccccc23)cc1. The van der Waals surface area contributed by atoms with Crippen LogP contribution in [0.15, 0.2) is 101 Å². The first-order valence-electron chi connectivity index (χ1n) is 9.23. The number of anilines is 1. The number of para-hydroxylation sites is 1. The zero-order chi connectivity index (χ0) is 20.3. The zero-order valence-corrected chi connectivity index (χ0v) is 16.7. The number of nitrogens with one attached hydrogen (secondary N) is 1. The molecule has 0 aromatic heterocycles. The molecule has 0 aliphatic heterocycles. The Hall–Kier alpha value is -3.44. The largest absolute Gasteiger partial charge is 0.279 e. The summed E-state index contributed by atoms with van der Waals surface area (Å²) in [7, 11) is -3.68. The van der Waals surface area contributed by atoms with E-state index in [0.29, 0.717) is 11.3 Å². The number of rotatable bonds is 5. The summed E-state index contributed by atoms with van der Waals surface area (Å²) in [5.41, 5.74) is 3.01. The summed E-state index contributed by atoms with van der Waals surface area (Å²) in [6, 6.07) is 28.0. The van der Waals surface area contributed by atoms with Crippen molar-refractivity contribution in [3.05, 3.63) is 102 Å². The van der Waals surface area contributed by atoms with Crippen molar-refractivity contribution in [1.29, 1.82) is 0 Å². The molecule has 0 fully saturated rings. The van der Waals surface area contributed by atoms with Crippen LogP contribution in [0.4, 0.5) is 11.4 Å². The van der Waals surface area contributed by atoms with Crippen molar-refractivity contribution < 1.29 is 8.42 Å². The number of aliphatic imine (C=N–C) groups is 1. The highest BCUT2D eigenvalue weighted by Crippen LogP contribution is 2.26. The van der Waals surface area contributed by atoms with Gasteiger partial charge in [0.05, 0.1) is 16.3 Å². The molecule has 4 nitrogen and oxygen atoms in total. The number of hydrogen-bond acceptors (Lipinski definition) is 3. The highest BCUT2D eigenvalue weighted by Gasteiger charge is 2.15. The second-order valence-corrected chi connectivity index (χ2v) is 8.44. The van der Waals surface area contributed by atoms with E-state index in [-0.39, 0.29) is 4.90 Å². The molecular formula is C24H20N2O2S. The first-order chi connectivity index (χ1) is 14.0. The molecule has 4 aromatic rings. The van der Waals surface area contributed by atoms with Crippen LogP contribution in [0.25, 0.3) is 10.8 Å². The second-order valence-electron chi connectivity index (χ2n) is 6.76. The van der Waals surface area contributed by atoms with E-state index < -0.39 is 10.0 Å². The van der Waals surface area contributed by atoms with E-state index in [4.69, 9.17) is 0 Å². The van der Waals surface area contributed by atoms with Gasteiger partial charge in [-0.3, -0.25) is 9.71 Å². The number of sulfonamides is 1. The lowest BCUT2D eigenvalue weighted by molar-refractivity contribution is 0.601. The van der Waals surface area contributed by atoms with Gasteiger partial charge in [-0.25, -0.2) is 8.42 Å². The van der Waals surface area contributed by atoms with E-state index in [1.807, 2.05) is 61.5 Å². The van der Waals surface area contributed by atoms with Gasteiger partial charge in [-0.2, -0.15) is 0 Å². The van der Waals surface area contributed by atoms with Gasteiger partial charge in [-0.15, -0.1) is 0 Å². The highest BCUT2D eigenvalue weighted by molar-refractivity contribution is 7.92. The van der Waals surface area contributed by atoms with E-state index in [1.54, 1.807) is 42.6 Å². The molecule has 0 aliphatic carbocycles. The molecule has 5 heteroatoms. The molecule has 0 saturated heterocycles. The number of benzene rings is 4. The van der Waals surface area contributed by atoms with E-state index in [2.05, 4.69) is 9.71 Å². The van der Waals surface area contributed by atoms with Crippen molar-refractivity contribution in [3.63, 3.8) is 0 Å². The van der Waals surface area contributed by atoms with Crippen molar-refractivity contribution in [3.8, 4) is 0 Å². The van der Waals surface area contributed by atoms with E-state index >= 15 is 0 Å². The van der Waals surface area contributed by atoms with Crippen LogP contribution in [-0.2, 0) is 10.0 Å². The smallest absolute Gasteiger partial charge is 0.261 e. The Balaban J connectivity index is 1.67. The fraction of sp³-hybridized carbons (Fsp3) is 0.0417. The Labute approximate surface area is 170 Å². The number of aryl methyl sites for hydroxylation is 1. The quantitative estimate of drug-likeness (QED) is 0.437. The Bertz CT molecular complexity index is 1290. The predicted octanol–water partition coefficient (Wildman–Crippen LogP) is 5.70. The summed E-state index contributed by atoms with van der Waals surface area (Å²) >= 11 is 0. The third kappa shape index (κ3) is 4.20. The van der Waals surface area contributed by atoms with Crippen molar-refractivity contribution in [2.24, 2.45) is 4.99 Å². The van der Waals surface area contributed by atoms with Gasteiger partial charge in [-0.05, 0) is 36.6 Å².